The summed E-state index contributed by atoms with van der Waals surface area (Å²) in [6, 6.07) is 22.4. The molecule has 0 amide bonds. The SMILES string of the molecule is C.C.CC.Cn1cc(-c2cn(S(=O)(=O)c3ccccc3)c3ncc(C4=CCC(N5CCOCC5)CC4)cc23)cn1.Cn1cc(-c2cn(S(=O)(=O)c3ccccc3)c3ncc(C4CCC(N5CCOCC5)CC4)cc23)cn1. The first-order chi connectivity index (χ1) is 36.0. The molecule has 1 unspecified atom stereocenters. The molecule has 6 aromatic heterocycles. The molecule has 2 aromatic carbocycles. The summed E-state index contributed by atoms with van der Waals surface area (Å²) >= 11 is 0. The van der Waals surface area contributed by atoms with Crippen molar-refractivity contribution in [2.45, 2.75) is 101 Å². The van der Waals surface area contributed by atoms with Crippen LogP contribution in [-0.2, 0) is 43.6 Å². The number of aryl methyl sites for hydroxylation is 2. The minimum atomic E-state index is -3.81. The Hall–Kier alpha value is -6.28. The second kappa shape index (κ2) is 24.4. The average molecular weight is 1070 g/mol. The molecule has 404 valence electrons. The number of aromatic nitrogens is 8. The van der Waals surface area contributed by atoms with Crippen LogP contribution < -0.4 is 0 Å². The summed E-state index contributed by atoms with van der Waals surface area (Å²) in [5.41, 5.74) is 7.72. The van der Waals surface area contributed by atoms with Crippen LogP contribution in [0.1, 0.15) is 90.7 Å². The van der Waals surface area contributed by atoms with Gasteiger partial charge in [0, 0.05) is 123 Å². The lowest BCUT2D eigenvalue weighted by Gasteiger charge is -2.38. The van der Waals surface area contributed by atoms with E-state index < -0.39 is 20.0 Å². The van der Waals surface area contributed by atoms with Crippen molar-refractivity contribution in [2.24, 2.45) is 14.1 Å². The standard InChI is InChI=1S/C27H31N5O3S.C27H29N5O3S.C2H6.2CH4/c2*1-30-18-22(17-29-30)26-19-32(36(33,34)24-5-3-2-4-6-24)27-25(26)15-21(16-28-27)20-7-9-23(10-8-20)31-11-13-35-14-12-31;1-2;;/h2-6,15-20,23H,7-14H2,1H3;2-7,15-19,23H,8-14H2,1H3;1-2H3;2*1H4. The monoisotopic (exact) mass is 1070 g/mol. The Morgan fingerprint density at radius 3 is 1.47 bits per heavy atom. The highest BCUT2D eigenvalue weighted by Crippen LogP contribution is 2.40. The third kappa shape index (κ3) is 11.5. The van der Waals surface area contributed by atoms with Gasteiger partial charge in [-0.25, -0.2) is 34.7 Å². The van der Waals surface area contributed by atoms with Crippen LogP contribution in [0, 0.1) is 0 Å². The second-order valence-electron chi connectivity index (χ2n) is 19.3. The van der Waals surface area contributed by atoms with Gasteiger partial charge in [0.05, 0.1) is 48.6 Å². The fourth-order valence-electron chi connectivity index (χ4n) is 11.0. The molecular formula is C58H74N10O6S2. The smallest absolute Gasteiger partial charge is 0.269 e. The highest BCUT2D eigenvalue weighted by atomic mass is 32.2. The zero-order valence-corrected chi connectivity index (χ0v) is 44.3. The maximum absolute atomic E-state index is 13.6. The van der Waals surface area contributed by atoms with E-state index in [0.29, 0.717) is 29.3 Å². The normalized spacial score (nSPS) is 19.6. The molecule has 3 fully saturated rings. The van der Waals surface area contributed by atoms with Crippen LogP contribution in [0.3, 0.4) is 0 Å². The van der Waals surface area contributed by atoms with Crippen molar-refractivity contribution in [1.29, 1.82) is 0 Å². The molecule has 2 aliphatic carbocycles. The predicted octanol–water partition coefficient (Wildman–Crippen LogP) is 10.3. The molecule has 0 radical (unpaired) electrons. The highest BCUT2D eigenvalue weighted by Gasteiger charge is 2.31. The fourth-order valence-corrected chi connectivity index (χ4v) is 13.7. The summed E-state index contributed by atoms with van der Waals surface area (Å²) in [6.07, 6.45) is 24.4. The molecule has 2 saturated heterocycles. The number of hydrogen-bond donors (Lipinski definition) is 0. The van der Waals surface area contributed by atoms with Crippen LogP contribution in [0.25, 0.3) is 49.9 Å². The Labute approximate surface area is 449 Å². The molecule has 8 heterocycles. The topological polar surface area (TPSA) is 164 Å². The predicted molar refractivity (Wildman–Crippen MR) is 302 cm³/mol. The molecule has 0 N–H and O–H groups in total. The molecule has 16 nitrogen and oxygen atoms in total. The maximum atomic E-state index is 13.6. The first-order valence-corrected chi connectivity index (χ1v) is 28.8. The van der Waals surface area contributed by atoms with Gasteiger partial charge in [-0.1, -0.05) is 71.2 Å². The zero-order chi connectivity index (χ0) is 51.4. The van der Waals surface area contributed by atoms with Crippen molar-refractivity contribution in [3.8, 4) is 22.3 Å². The van der Waals surface area contributed by atoms with E-state index in [0.717, 1.165) is 123 Å². The van der Waals surface area contributed by atoms with E-state index in [1.807, 2.05) is 58.8 Å². The number of nitrogens with zero attached hydrogens (tertiary/aromatic N) is 10. The highest BCUT2D eigenvalue weighted by molar-refractivity contribution is 7.90. The van der Waals surface area contributed by atoms with E-state index >= 15 is 0 Å². The molecular weight excluding hydrogens is 997 g/mol. The minimum Gasteiger partial charge on any atom is -0.379 e. The quantitative estimate of drug-likeness (QED) is 0.128. The molecule has 12 rings (SSSR count). The van der Waals surface area contributed by atoms with Gasteiger partial charge in [-0.05, 0) is 104 Å². The summed E-state index contributed by atoms with van der Waals surface area (Å²) in [5, 5.41) is 10.3. The lowest BCUT2D eigenvalue weighted by Crippen LogP contribution is -2.44. The van der Waals surface area contributed by atoms with Crippen molar-refractivity contribution < 1.29 is 26.3 Å². The van der Waals surface area contributed by atoms with Gasteiger partial charge in [-0.15, -0.1) is 0 Å². The van der Waals surface area contributed by atoms with Crippen LogP contribution in [0.15, 0.2) is 138 Å². The van der Waals surface area contributed by atoms with Crippen molar-refractivity contribution in [3.05, 3.63) is 140 Å². The number of ether oxygens (including phenoxy) is 2. The van der Waals surface area contributed by atoms with Crippen molar-refractivity contribution in [2.75, 3.05) is 52.6 Å². The van der Waals surface area contributed by atoms with Crippen LogP contribution in [0.2, 0.25) is 0 Å². The summed E-state index contributed by atoms with van der Waals surface area (Å²) in [6.45, 7) is 11.3. The van der Waals surface area contributed by atoms with Crippen molar-refractivity contribution in [1.82, 2.24) is 47.3 Å². The summed E-state index contributed by atoms with van der Waals surface area (Å²) < 4.78 is 71.3. The van der Waals surface area contributed by atoms with Crippen LogP contribution >= 0.6 is 0 Å². The third-order valence-corrected chi connectivity index (χ3v) is 18.3. The van der Waals surface area contributed by atoms with E-state index in [1.165, 1.54) is 31.9 Å². The van der Waals surface area contributed by atoms with E-state index in [9.17, 15) is 16.8 Å². The number of hydrogen-bond acceptors (Lipinski definition) is 12. The van der Waals surface area contributed by atoms with E-state index in [4.69, 9.17) is 19.4 Å². The van der Waals surface area contributed by atoms with Gasteiger partial charge in [0.2, 0.25) is 0 Å². The van der Waals surface area contributed by atoms with Crippen LogP contribution in [0.4, 0.5) is 0 Å². The zero-order valence-electron chi connectivity index (χ0n) is 42.7. The van der Waals surface area contributed by atoms with E-state index in [2.05, 4.69) is 38.2 Å². The number of benzene rings is 2. The van der Waals surface area contributed by atoms with Crippen LogP contribution in [0.5, 0.6) is 0 Å². The average Bonchev–Trinajstić information content (AvgIpc) is 4.35. The number of rotatable bonds is 10. The third-order valence-electron chi connectivity index (χ3n) is 14.9. The van der Waals surface area contributed by atoms with Gasteiger partial charge in [0.15, 0.2) is 11.3 Å². The Morgan fingerprint density at radius 1 is 0.539 bits per heavy atom. The van der Waals surface area contributed by atoms with Gasteiger partial charge in [-0.2, -0.15) is 10.2 Å². The van der Waals surface area contributed by atoms with Crippen molar-refractivity contribution in [3.63, 3.8) is 0 Å². The first-order valence-electron chi connectivity index (χ1n) is 26.0. The number of fused-ring (bicyclic) bond motifs is 2. The van der Waals surface area contributed by atoms with Crippen molar-refractivity contribution >= 4 is 47.7 Å². The van der Waals surface area contributed by atoms with Gasteiger partial charge >= 0.3 is 0 Å². The molecule has 18 heteroatoms. The minimum absolute atomic E-state index is 0. The van der Waals surface area contributed by atoms with E-state index in [-0.39, 0.29) is 24.6 Å². The van der Waals surface area contributed by atoms with Gasteiger partial charge in [0.25, 0.3) is 20.0 Å². The molecule has 2 aliphatic heterocycles. The summed E-state index contributed by atoms with van der Waals surface area (Å²) in [4.78, 5) is 15.0. The lowest BCUT2D eigenvalue weighted by molar-refractivity contribution is 0.00729. The second-order valence-corrected chi connectivity index (χ2v) is 22.9. The summed E-state index contributed by atoms with van der Waals surface area (Å²) in [5.74, 6) is 0.426. The van der Waals surface area contributed by atoms with Gasteiger partial charge in [-0.3, -0.25) is 19.2 Å². The maximum Gasteiger partial charge on any atom is 0.269 e. The number of morpholine rings is 2. The Morgan fingerprint density at radius 2 is 1.01 bits per heavy atom. The van der Waals surface area contributed by atoms with E-state index in [1.54, 1.807) is 88.7 Å². The summed E-state index contributed by atoms with van der Waals surface area (Å²) in [7, 11) is -3.89. The first kappa shape index (κ1) is 55.9. The molecule has 4 aliphatic rings. The molecule has 1 atom stereocenters. The van der Waals surface area contributed by atoms with Gasteiger partial charge in [0.1, 0.15) is 0 Å². The molecule has 8 aromatic rings. The largest absolute Gasteiger partial charge is 0.379 e. The van der Waals surface area contributed by atoms with Crippen LogP contribution in [-0.4, -0.2) is 129 Å². The molecule has 76 heavy (non-hydrogen) atoms. The molecule has 1 saturated carbocycles. The number of allylic oxidation sites excluding steroid dienone is 1. The fraction of sp³-hybridized carbons (Fsp3) is 0.414. The number of pyridine rings is 2. The molecule has 0 spiro atoms. The Kier molecular flexibility index (Phi) is 17.9. The Bertz CT molecular complexity index is 3460. The molecule has 0 bridgehead atoms. The Balaban J connectivity index is 0.000000190. The van der Waals surface area contributed by atoms with Gasteiger partial charge < -0.3 is 9.47 Å². The lowest BCUT2D eigenvalue weighted by atomic mass is 9.81.